The van der Waals surface area contributed by atoms with Gasteiger partial charge in [-0.15, -0.1) is 0 Å². The average Bonchev–Trinajstić information content (AvgIpc) is 2.93. The third kappa shape index (κ3) is 11.5. The number of carbonyl (C=O) groups is 5. The molecule has 11 nitrogen and oxygen atoms in total. The van der Waals surface area contributed by atoms with Gasteiger partial charge >= 0.3 is 0 Å². The molecule has 0 radical (unpaired) electrons. The first kappa shape index (κ1) is 36.6. The van der Waals surface area contributed by atoms with Gasteiger partial charge in [0.25, 0.3) is 0 Å². The third-order valence-electron chi connectivity index (χ3n) is 7.58. The minimum atomic E-state index is -1.02. The third-order valence-corrected chi connectivity index (χ3v) is 7.58. The number of rotatable bonds is 10. The van der Waals surface area contributed by atoms with Crippen molar-refractivity contribution in [3.8, 4) is 0 Å². The summed E-state index contributed by atoms with van der Waals surface area (Å²) < 4.78 is 0. The van der Waals surface area contributed by atoms with Crippen molar-refractivity contribution in [3.05, 3.63) is 29.8 Å². The number of hydrogen-bond donors (Lipinski definition) is 6. The highest BCUT2D eigenvalue weighted by atomic mass is 16.2. The molecule has 1 fully saturated rings. The van der Waals surface area contributed by atoms with Crippen LogP contribution in [0, 0.1) is 23.7 Å². The smallest absolute Gasteiger partial charge is 0.243 e. The molecule has 5 amide bonds. The van der Waals surface area contributed by atoms with E-state index >= 15 is 0 Å². The molecule has 0 aromatic heterocycles. The van der Waals surface area contributed by atoms with Gasteiger partial charge in [0, 0.05) is 19.2 Å². The van der Waals surface area contributed by atoms with Crippen LogP contribution in [-0.4, -0.2) is 66.8 Å². The van der Waals surface area contributed by atoms with E-state index in [1.54, 1.807) is 0 Å². The van der Waals surface area contributed by atoms with Crippen molar-refractivity contribution in [2.24, 2.45) is 23.7 Å². The van der Waals surface area contributed by atoms with Crippen LogP contribution >= 0.6 is 0 Å². The summed E-state index contributed by atoms with van der Waals surface area (Å²) in [7, 11) is 1.81. The zero-order valence-electron chi connectivity index (χ0n) is 27.9. The fourth-order valence-electron chi connectivity index (χ4n) is 5.23. The quantitative estimate of drug-likeness (QED) is 0.238. The van der Waals surface area contributed by atoms with Gasteiger partial charge in [-0.05, 0) is 60.6 Å². The van der Waals surface area contributed by atoms with E-state index < -0.39 is 59.7 Å². The second-order valence-corrected chi connectivity index (χ2v) is 13.5. The van der Waals surface area contributed by atoms with Crippen LogP contribution in [0.4, 0.5) is 5.69 Å². The molecule has 6 N–H and O–H groups in total. The molecule has 1 aliphatic heterocycles. The Bertz CT molecular complexity index is 1130. The standard InChI is InChI=1S/C33H54N6O5/c1-18(2)14-24-29(40)36-26(16-20(5)6)32(43)39-28(21(7)8)33(44)38-25(15-19(3)4)30(41)37-27(31(42)35-24)17-22-10-12-23(34-9)13-11-22/h10-13,18-21,24-28,34H,14-17H2,1-9H3,(H,35,42)(H,36,40)(H,37,41)(H,38,44)(H,39,43). The number of anilines is 1. The molecule has 5 unspecified atom stereocenters. The molecular weight excluding hydrogens is 560 g/mol. The summed E-state index contributed by atoms with van der Waals surface area (Å²) in [5.41, 5.74) is 1.71. The number of nitrogens with one attached hydrogen (secondary N) is 6. The normalized spacial score (nSPS) is 24.3. The maximum absolute atomic E-state index is 13.8. The first-order chi connectivity index (χ1) is 20.6. The topological polar surface area (TPSA) is 158 Å². The van der Waals surface area contributed by atoms with E-state index in [0.717, 1.165) is 11.3 Å². The highest BCUT2D eigenvalue weighted by Gasteiger charge is 2.36. The predicted molar refractivity (Wildman–Crippen MR) is 173 cm³/mol. The maximum Gasteiger partial charge on any atom is 0.243 e. The van der Waals surface area contributed by atoms with E-state index in [9.17, 15) is 24.0 Å². The van der Waals surface area contributed by atoms with Crippen LogP contribution in [0.1, 0.15) is 80.2 Å². The van der Waals surface area contributed by atoms with Gasteiger partial charge in [-0.2, -0.15) is 0 Å². The van der Waals surface area contributed by atoms with Crippen molar-refractivity contribution in [2.75, 3.05) is 12.4 Å². The Morgan fingerprint density at radius 1 is 0.545 bits per heavy atom. The SMILES string of the molecule is CNc1ccc(CC2NC(=O)C(CC(C)C)NC(=O)C(C(C)C)NC(=O)C(CC(C)C)NC(=O)C(CC(C)C)NC2=O)cc1. The van der Waals surface area contributed by atoms with E-state index in [4.69, 9.17) is 0 Å². The average molecular weight is 615 g/mol. The molecule has 1 heterocycles. The van der Waals surface area contributed by atoms with Gasteiger partial charge in [-0.3, -0.25) is 24.0 Å². The number of carbonyl (C=O) groups excluding carboxylic acids is 5. The molecule has 246 valence electrons. The number of benzene rings is 1. The molecule has 0 saturated carbocycles. The fraction of sp³-hybridized carbons (Fsp3) is 0.667. The van der Waals surface area contributed by atoms with Crippen LogP contribution in [-0.2, 0) is 30.4 Å². The summed E-state index contributed by atoms with van der Waals surface area (Å²) in [6.45, 7) is 15.3. The van der Waals surface area contributed by atoms with Gasteiger partial charge in [0.15, 0.2) is 0 Å². The van der Waals surface area contributed by atoms with Crippen molar-refractivity contribution in [3.63, 3.8) is 0 Å². The van der Waals surface area contributed by atoms with Gasteiger partial charge < -0.3 is 31.9 Å². The van der Waals surface area contributed by atoms with Crippen molar-refractivity contribution >= 4 is 35.2 Å². The Morgan fingerprint density at radius 2 is 0.909 bits per heavy atom. The lowest BCUT2D eigenvalue weighted by molar-refractivity contribution is -0.135. The molecule has 0 bridgehead atoms. The van der Waals surface area contributed by atoms with Crippen LogP contribution in [0.5, 0.6) is 0 Å². The van der Waals surface area contributed by atoms with Crippen LogP contribution in [0.3, 0.4) is 0 Å². The fourth-order valence-corrected chi connectivity index (χ4v) is 5.23. The van der Waals surface area contributed by atoms with Gasteiger partial charge in [0.2, 0.25) is 29.5 Å². The molecule has 1 aromatic rings. The molecule has 1 saturated heterocycles. The zero-order chi connectivity index (χ0) is 33.1. The largest absolute Gasteiger partial charge is 0.388 e. The summed E-state index contributed by atoms with van der Waals surface area (Å²) in [6, 6.07) is 2.75. The summed E-state index contributed by atoms with van der Waals surface area (Å²) >= 11 is 0. The Balaban J connectivity index is 2.60. The molecular formula is C33H54N6O5. The van der Waals surface area contributed by atoms with E-state index in [-0.39, 0.29) is 30.1 Å². The zero-order valence-corrected chi connectivity index (χ0v) is 27.9. The molecule has 1 aliphatic rings. The first-order valence-electron chi connectivity index (χ1n) is 15.9. The minimum Gasteiger partial charge on any atom is -0.388 e. The second-order valence-electron chi connectivity index (χ2n) is 13.5. The van der Waals surface area contributed by atoms with Crippen molar-refractivity contribution in [1.82, 2.24) is 26.6 Å². The molecule has 1 aromatic carbocycles. The van der Waals surface area contributed by atoms with Crippen LogP contribution < -0.4 is 31.9 Å². The minimum absolute atomic E-state index is 0.0502. The molecule has 11 heteroatoms. The monoisotopic (exact) mass is 614 g/mol. The Labute approximate surface area is 262 Å². The maximum atomic E-state index is 13.8. The highest BCUT2D eigenvalue weighted by molar-refractivity contribution is 5.98. The van der Waals surface area contributed by atoms with E-state index in [1.165, 1.54) is 0 Å². The second kappa shape index (κ2) is 17.0. The molecule has 44 heavy (non-hydrogen) atoms. The van der Waals surface area contributed by atoms with E-state index in [0.29, 0.717) is 19.3 Å². The van der Waals surface area contributed by atoms with Crippen molar-refractivity contribution in [2.45, 2.75) is 111 Å². The van der Waals surface area contributed by atoms with Crippen LogP contribution in [0.25, 0.3) is 0 Å². The Hall–Kier alpha value is -3.63. The van der Waals surface area contributed by atoms with Gasteiger partial charge in [0.1, 0.15) is 30.2 Å². The Kier molecular flexibility index (Phi) is 14.1. The summed E-state index contributed by atoms with van der Waals surface area (Å²) in [5.74, 6) is -2.64. The first-order valence-corrected chi connectivity index (χ1v) is 15.9. The number of hydrogen-bond acceptors (Lipinski definition) is 6. The molecule has 2 rings (SSSR count). The predicted octanol–water partition coefficient (Wildman–Crippen LogP) is 2.50. The molecule has 0 aliphatic carbocycles. The van der Waals surface area contributed by atoms with Gasteiger partial charge in [0.05, 0.1) is 0 Å². The van der Waals surface area contributed by atoms with Crippen molar-refractivity contribution in [1.29, 1.82) is 0 Å². The summed E-state index contributed by atoms with van der Waals surface area (Å²) in [4.78, 5) is 68.3. The van der Waals surface area contributed by atoms with E-state index in [2.05, 4.69) is 31.9 Å². The van der Waals surface area contributed by atoms with Crippen LogP contribution in [0.15, 0.2) is 24.3 Å². The lowest BCUT2D eigenvalue weighted by Gasteiger charge is -2.28. The van der Waals surface area contributed by atoms with E-state index in [1.807, 2.05) is 86.7 Å². The summed E-state index contributed by atoms with van der Waals surface area (Å²) in [6.07, 6.45) is 1.17. The van der Waals surface area contributed by atoms with Crippen LogP contribution in [0.2, 0.25) is 0 Å². The summed E-state index contributed by atoms with van der Waals surface area (Å²) in [5, 5.41) is 17.3. The Morgan fingerprint density at radius 3 is 1.30 bits per heavy atom. The van der Waals surface area contributed by atoms with Gasteiger partial charge in [-0.25, -0.2) is 0 Å². The lowest BCUT2D eigenvalue weighted by atomic mass is 9.98. The van der Waals surface area contributed by atoms with Gasteiger partial charge in [-0.1, -0.05) is 67.5 Å². The lowest BCUT2D eigenvalue weighted by Crippen LogP contribution is -2.59. The van der Waals surface area contributed by atoms with Crippen molar-refractivity contribution < 1.29 is 24.0 Å². The highest BCUT2D eigenvalue weighted by Crippen LogP contribution is 2.15. The number of amides is 5. The molecule has 0 spiro atoms. The molecule has 5 atom stereocenters.